The smallest absolute Gasteiger partial charge is 0.0725 e. The van der Waals surface area contributed by atoms with Gasteiger partial charge in [-0.15, -0.1) is 0 Å². The fourth-order valence-electron chi connectivity index (χ4n) is 5.81. The zero-order valence-electron chi connectivity index (χ0n) is 11.2. The molecule has 0 amide bonds. The number of hydrogen-bond donors (Lipinski definition) is 1. The maximum atomic E-state index is 10.7. The molecule has 7 atom stereocenters. The van der Waals surface area contributed by atoms with Crippen LogP contribution in [0.1, 0.15) is 52.9 Å². The first-order valence-corrected chi connectivity index (χ1v) is 7.29. The normalized spacial score (nSPS) is 68.5. The van der Waals surface area contributed by atoms with Crippen LogP contribution in [0, 0.1) is 23.2 Å². The maximum Gasteiger partial charge on any atom is 0.0725 e. The van der Waals surface area contributed by atoms with Crippen molar-refractivity contribution in [1.29, 1.82) is 0 Å². The van der Waals surface area contributed by atoms with Gasteiger partial charge in [0.25, 0.3) is 0 Å². The van der Waals surface area contributed by atoms with E-state index in [1.807, 2.05) is 6.92 Å². The third-order valence-corrected chi connectivity index (χ3v) is 6.93. The van der Waals surface area contributed by atoms with Crippen LogP contribution >= 0.6 is 0 Å². The lowest BCUT2D eigenvalue weighted by atomic mass is 9.52. The molecule has 2 aliphatic carbocycles. The molecule has 1 spiro atoms. The summed E-state index contributed by atoms with van der Waals surface area (Å²) in [6, 6.07) is 0. The zero-order valence-corrected chi connectivity index (χ0v) is 11.2. The average Bonchev–Trinajstić information content (AvgIpc) is 2.81. The van der Waals surface area contributed by atoms with Crippen molar-refractivity contribution >= 4 is 0 Å². The Hall–Kier alpha value is -0.0800. The van der Waals surface area contributed by atoms with Crippen LogP contribution in [0.25, 0.3) is 0 Å². The van der Waals surface area contributed by atoms with Gasteiger partial charge in [0, 0.05) is 5.92 Å². The summed E-state index contributed by atoms with van der Waals surface area (Å²) in [5.74, 6) is 1.80. The molecule has 4 aliphatic rings. The van der Waals surface area contributed by atoms with Gasteiger partial charge in [-0.25, -0.2) is 0 Å². The minimum absolute atomic E-state index is 0.150. The molecule has 2 aliphatic heterocycles. The van der Waals surface area contributed by atoms with E-state index in [1.165, 1.54) is 25.7 Å². The Kier molecular flexibility index (Phi) is 1.75. The quantitative estimate of drug-likeness (QED) is 0.701. The highest BCUT2D eigenvalue weighted by molar-refractivity contribution is 5.22. The Bertz CT molecular complexity index is 377. The second-order valence-corrected chi connectivity index (χ2v) is 7.75. The van der Waals surface area contributed by atoms with E-state index in [0.717, 1.165) is 12.3 Å². The topological polar surface area (TPSA) is 29.5 Å². The van der Waals surface area contributed by atoms with E-state index in [9.17, 15) is 5.11 Å². The second-order valence-electron chi connectivity index (χ2n) is 7.75. The molecule has 0 unspecified atom stereocenters. The van der Waals surface area contributed by atoms with Crippen LogP contribution in [0.5, 0.6) is 0 Å². The predicted octanol–water partition coefficient (Wildman–Crippen LogP) is 2.74. The van der Waals surface area contributed by atoms with Gasteiger partial charge >= 0.3 is 0 Å². The van der Waals surface area contributed by atoms with Crippen molar-refractivity contribution in [1.82, 2.24) is 0 Å². The molecule has 2 nitrogen and oxygen atoms in total. The van der Waals surface area contributed by atoms with Crippen molar-refractivity contribution in [2.45, 2.75) is 70.2 Å². The molecule has 2 heterocycles. The number of ether oxygens (including phenoxy) is 1. The minimum Gasteiger partial charge on any atom is -0.390 e. The summed E-state index contributed by atoms with van der Waals surface area (Å²) < 4.78 is 6.50. The lowest BCUT2D eigenvalue weighted by Crippen LogP contribution is -2.53. The van der Waals surface area contributed by atoms with Gasteiger partial charge in [-0.05, 0) is 56.3 Å². The minimum atomic E-state index is -0.476. The van der Waals surface area contributed by atoms with E-state index in [2.05, 4.69) is 13.8 Å². The second kappa shape index (κ2) is 2.75. The lowest BCUT2D eigenvalue weighted by Gasteiger charge is -2.50. The Morgan fingerprint density at radius 1 is 1.18 bits per heavy atom. The molecule has 2 heteroatoms. The Morgan fingerprint density at radius 3 is 2.71 bits per heavy atom. The Morgan fingerprint density at radius 2 is 1.94 bits per heavy atom. The number of hydrogen-bond acceptors (Lipinski definition) is 2. The van der Waals surface area contributed by atoms with Crippen LogP contribution < -0.4 is 0 Å². The first-order chi connectivity index (χ1) is 7.89. The van der Waals surface area contributed by atoms with E-state index in [0.29, 0.717) is 23.4 Å². The van der Waals surface area contributed by atoms with Crippen molar-refractivity contribution in [2.24, 2.45) is 23.2 Å². The van der Waals surface area contributed by atoms with Crippen molar-refractivity contribution in [2.75, 3.05) is 0 Å². The molecule has 17 heavy (non-hydrogen) atoms. The third kappa shape index (κ3) is 1.02. The van der Waals surface area contributed by atoms with E-state index >= 15 is 0 Å². The standard InChI is InChI=1S/C15H24O2/c1-9-4-7-15-8-13(9,2)12(17-15)11-10(15)5-6-14(11,3)16/h9-12,16H,4-8H2,1-3H3/t9-,10-,11-,12-,13-,14+,15-/m0/s1. The maximum absolute atomic E-state index is 10.7. The van der Waals surface area contributed by atoms with Crippen molar-refractivity contribution < 1.29 is 9.84 Å². The number of rotatable bonds is 0. The molecule has 0 aromatic rings. The van der Waals surface area contributed by atoms with Crippen LogP contribution in [0.15, 0.2) is 0 Å². The Labute approximate surface area is 104 Å². The zero-order chi connectivity index (χ0) is 12.1. The predicted molar refractivity (Wildman–Crippen MR) is 65.6 cm³/mol. The fourth-order valence-corrected chi connectivity index (χ4v) is 5.81. The summed E-state index contributed by atoms with van der Waals surface area (Å²) in [5, 5.41) is 10.7. The molecular weight excluding hydrogens is 212 g/mol. The van der Waals surface area contributed by atoms with Gasteiger partial charge in [0.2, 0.25) is 0 Å². The summed E-state index contributed by atoms with van der Waals surface area (Å²) in [6.45, 7) is 6.84. The van der Waals surface area contributed by atoms with Gasteiger partial charge < -0.3 is 9.84 Å². The van der Waals surface area contributed by atoms with Crippen molar-refractivity contribution in [3.63, 3.8) is 0 Å². The summed E-state index contributed by atoms with van der Waals surface area (Å²) in [6.07, 6.45) is 6.29. The van der Waals surface area contributed by atoms with Gasteiger partial charge in [0.15, 0.2) is 0 Å². The molecule has 96 valence electrons. The molecule has 3 bridgehead atoms. The molecule has 2 saturated heterocycles. The van der Waals surface area contributed by atoms with Crippen LogP contribution in [-0.2, 0) is 4.74 Å². The SMILES string of the molecule is C[C@H]1CC[C@@]23C[C@]1(C)[C@@H](O2)[C@@H]1[C@@H]3CC[C@@]1(C)O. The molecule has 4 fully saturated rings. The average molecular weight is 236 g/mol. The number of fused-ring (bicyclic) bond motifs is 5. The van der Waals surface area contributed by atoms with Gasteiger partial charge in [0.1, 0.15) is 0 Å². The van der Waals surface area contributed by atoms with Gasteiger partial charge in [-0.2, -0.15) is 0 Å². The summed E-state index contributed by atoms with van der Waals surface area (Å²) in [5.41, 5.74) is 0.000648. The van der Waals surface area contributed by atoms with Crippen LogP contribution in [0.4, 0.5) is 0 Å². The molecule has 4 rings (SSSR count). The van der Waals surface area contributed by atoms with Crippen LogP contribution in [0.3, 0.4) is 0 Å². The highest BCUT2D eigenvalue weighted by Crippen LogP contribution is 2.71. The van der Waals surface area contributed by atoms with Gasteiger partial charge in [0.05, 0.1) is 17.3 Å². The summed E-state index contributed by atoms with van der Waals surface area (Å²) in [7, 11) is 0. The molecule has 1 N–H and O–H groups in total. The van der Waals surface area contributed by atoms with Crippen molar-refractivity contribution in [3.05, 3.63) is 0 Å². The van der Waals surface area contributed by atoms with Crippen LogP contribution in [0.2, 0.25) is 0 Å². The Balaban J connectivity index is 1.83. The van der Waals surface area contributed by atoms with Gasteiger partial charge in [-0.1, -0.05) is 13.8 Å². The molecule has 0 aromatic heterocycles. The largest absolute Gasteiger partial charge is 0.390 e. The number of aliphatic hydroxyl groups is 1. The first-order valence-electron chi connectivity index (χ1n) is 7.29. The van der Waals surface area contributed by atoms with E-state index in [1.54, 1.807) is 0 Å². The van der Waals surface area contributed by atoms with E-state index < -0.39 is 5.60 Å². The van der Waals surface area contributed by atoms with Crippen LogP contribution in [-0.4, -0.2) is 22.4 Å². The summed E-state index contributed by atoms with van der Waals surface area (Å²) in [4.78, 5) is 0. The van der Waals surface area contributed by atoms with Gasteiger partial charge in [-0.3, -0.25) is 0 Å². The molecule has 2 saturated carbocycles. The highest BCUT2D eigenvalue weighted by Gasteiger charge is 2.74. The highest BCUT2D eigenvalue weighted by atomic mass is 16.5. The van der Waals surface area contributed by atoms with E-state index in [-0.39, 0.29) is 5.60 Å². The van der Waals surface area contributed by atoms with Crippen molar-refractivity contribution in [3.8, 4) is 0 Å². The lowest BCUT2D eigenvalue weighted by molar-refractivity contribution is -0.0635. The monoisotopic (exact) mass is 236 g/mol. The fraction of sp³-hybridized carbons (Fsp3) is 1.00. The molecular formula is C15H24O2. The molecule has 0 aromatic carbocycles. The first kappa shape index (κ1) is 10.8. The summed E-state index contributed by atoms with van der Waals surface area (Å²) >= 11 is 0. The third-order valence-electron chi connectivity index (χ3n) is 6.93. The molecule has 0 radical (unpaired) electrons. The van der Waals surface area contributed by atoms with E-state index in [4.69, 9.17) is 4.74 Å².